The number of aliphatic carboxylic acids is 1. The number of hydrogen-bond donors (Lipinski definition) is 3. The van der Waals surface area contributed by atoms with Gasteiger partial charge >= 0.3 is 5.97 Å². The van der Waals surface area contributed by atoms with Crippen LogP contribution in [-0.4, -0.2) is 35.0 Å². The molecule has 0 aromatic carbocycles. The Kier molecular flexibility index (Phi) is 4.66. The van der Waals surface area contributed by atoms with E-state index in [2.05, 4.69) is 10.6 Å². The Morgan fingerprint density at radius 2 is 2.33 bits per heavy atom. The van der Waals surface area contributed by atoms with Gasteiger partial charge < -0.3 is 15.7 Å². The molecule has 0 aromatic rings. The molecular formula is C11H15N3O4. The minimum Gasteiger partial charge on any atom is -0.480 e. The highest BCUT2D eigenvalue weighted by Gasteiger charge is 2.30. The summed E-state index contributed by atoms with van der Waals surface area (Å²) in [6.45, 7) is 1.58. The maximum absolute atomic E-state index is 11.7. The first kappa shape index (κ1) is 14.0. The van der Waals surface area contributed by atoms with Gasteiger partial charge in [-0.1, -0.05) is 0 Å². The van der Waals surface area contributed by atoms with Gasteiger partial charge in [0.25, 0.3) is 0 Å². The molecule has 7 nitrogen and oxygen atoms in total. The summed E-state index contributed by atoms with van der Waals surface area (Å²) in [7, 11) is 0. The fraction of sp³-hybridized carbons (Fsp3) is 0.636. The van der Waals surface area contributed by atoms with Crippen LogP contribution < -0.4 is 10.6 Å². The molecular weight excluding hydrogens is 238 g/mol. The first-order chi connectivity index (χ1) is 8.43. The number of amides is 2. The van der Waals surface area contributed by atoms with Crippen molar-refractivity contribution in [2.45, 2.75) is 38.3 Å². The van der Waals surface area contributed by atoms with Crippen LogP contribution in [0, 0.1) is 17.2 Å². The Morgan fingerprint density at radius 1 is 1.67 bits per heavy atom. The van der Waals surface area contributed by atoms with Gasteiger partial charge in [0.05, 0.1) is 6.07 Å². The largest absolute Gasteiger partial charge is 0.480 e. The molecule has 98 valence electrons. The van der Waals surface area contributed by atoms with Gasteiger partial charge in [-0.15, -0.1) is 0 Å². The van der Waals surface area contributed by atoms with Crippen molar-refractivity contribution in [3.63, 3.8) is 0 Å². The van der Waals surface area contributed by atoms with E-state index in [0.29, 0.717) is 6.42 Å². The molecule has 1 fully saturated rings. The molecule has 1 saturated heterocycles. The number of carboxylic acid groups (broad SMARTS) is 1. The number of nitriles is 1. The molecule has 3 N–H and O–H groups in total. The van der Waals surface area contributed by atoms with Crippen LogP contribution in [0.2, 0.25) is 0 Å². The van der Waals surface area contributed by atoms with Crippen molar-refractivity contribution < 1.29 is 19.5 Å². The molecule has 1 aliphatic heterocycles. The van der Waals surface area contributed by atoms with Gasteiger partial charge in [-0.3, -0.25) is 9.59 Å². The third-order valence-electron chi connectivity index (χ3n) is 2.74. The van der Waals surface area contributed by atoms with E-state index in [1.54, 1.807) is 6.92 Å². The Labute approximate surface area is 104 Å². The normalized spacial score (nSPS) is 21.6. The van der Waals surface area contributed by atoms with Crippen molar-refractivity contribution in [2.24, 2.45) is 5.92 Å². The van der Waals surface area contributed by atoms with Crippen LogP contribution in [0.4, 0.5) is 0 Å². The minimum atomic E-state index is -1.19. The summed E-state index contributed by atoms with van der Waals surface area (Å²) in [5, 5.41) is 22.4. The van der Waals surface area contributed by atoms with E-state index in [9.17, 15) is 14.4 Å². The fourth-order valence-electron chi connectivity index (χ4n) is 1.71. The van der Waals surface area contributed by atoms with Gasteiger partial charge in [0.1, 0.15) is 12.1 Å². The zero-order valence-electron chi connectivity index (χ0n) is 9.97. The van der Waals surface area contributed by atoms with E-state index in [1.165, 1.54) is 0 Å². The zero-order chi connectivity index (χ0) is 13.7. The lowest BCUT2D eigenvalue weighted by Gasteiger charge is -2.18. The third-order valence-corrected chi connectivity index (χ3v) is 2.74. The van der Waals surface area contributed by atoms with E-state index in [1.807, 2.05) is 6.07 Å². The van der Waals surface area contributed by atoms with Gasteiger partial charge in [0.15, 0.2) is 0 Å². The highest BCUT2D eigenvalue weighted by atomic mass is 16.4. The second kappa shape index (κ2) is 6.00. The van der Waals surface area contributed by atoms with Crippen molar-refractivity contribution >= 4 is 17.8 Å². The number of rotatable bonds is 5. The van der Waals surface area contributed by atoms with Crippen LogP contribution in [-0.2, 0) is 14.4 Å². The van der Waals surface area contributed by atoms with E-state index in [4.69, 9.17) is 10.4 Å². The van der Waals surface area contributed by atoms with Gasteiger partial charge in [0.2, 0.25) is 11.8 Å². The van der Waals surface area contributed by atoms with Gasteiger partial charge in [-0.2, -0.15) is 5.26 Å². The van der Waals surface area contributed by atoms with Crippen LogP contribution >= 0.6 is 0 Å². The molecule has 0 spiro atoms. The van der Waals surface area contributed by atoms with E-state index >= 15 is 0 Å². The summed E-state index contributed by atoms with van der Waals surface area (Å²) in [4.78, 5) is 33.6. The zero-order valence-corrected chi connectivity index (χ0v) is 9.97. The molecule has 1 aliphatic rings. The van der Waals surface area contributed by atoms with Crippen molar-refractivity contribution in [1.82, 2.24) is 10.6 Å². The second-order valence-electron chi connectivity index (χ2n) is 4.32. The Balaban J connectivity index is 2.56. The first-order valence-corrected chi connectivity index (χ1v) is 5.66. The average Bonchev–Trinajstić information content (AvgIpc) is 2.74. The summed E-state index contributed by atoms with van der Waals surface area (Å²) in [5.41, 5.74) is 0. The highest BCUT2D eigenvalue weighted by Crippen LogP contribution is 2.09. The fourth-order valence-corrected chi connectivity index (χ4v) is 1.71. The van der Waals surface area contributed by atoms with Gasteiger partial charge in [-0.05, 0) is 19.8 Å². The SMILES string of the molecule is C[C@@H](C#N)C[C@H](NC(=O)[C@H]1CCC(=O)N1)C(=O)O. The summed E-state index contributed by atoms with van der Waals surface area (Å²) >= 11 is 0. The lowest BCUT2D eigenvalue weighted by molar-refractivity contribution is -0.142. The lowest BCUT2D eigenvalue weighted by atomic mass is 10.0. The molecule has 18 heavy (non-hydrogen) atoms. The van der Waals surface area contributed by atoms with E-state index in [0.717, 1.165) is 0 Å². The molecule has 0 unspecified atom stereocenters. The van der Waals surface area contributed by atoms with E-state index in [-0.39, 0.29) is 18.7 Å². The number of nitrogens with one attached hydrogen (secondary N) is 2. The number of hydrogen-bond acceptors (Lipinski definition) is 4. The Hall–Kier alpha value is -2.10. The number of nitrogens with zero attached hydrogens (tertiary/aromatic N) is 1. The Bertz CT molecular complexity index is 402. The van der Waals surface area contributed by atoms with E-state index < -0.39 is 29.9 Å². The molecule has 0 saturated carbocycles. The van der Waals surface area contributed by atoms with Crippen LogP contribution in [0.3, 0.4) is 0 Å². The summed E-state index contributed by atoms with van der Waals surface area (Å²) in [5.74, 6) is -2.38. The summed E-state index contributed by atoms with van der Waals surface area (Å²) in [6.07, 6.45) is 0.674. The molecule has 0 bridgehead atoms. The van der Waals surface area contributed by atoms with Gasteiger partial charge in [-0.25, -0.2) is 4.79 Å². The monoisotopic (exact) mass is 253 g/mol. The Morgan fingerprint density at radius 3 is 2.78 bits per heavy atom. The second-order valence-corrected chi connectivity index (χ2v) is 4.32. The van der Waals surface area contributed by atoms with Crippen LogP contribution in [0.5, 0.6) is 0 Å². The smallest absolute Gasteiger partial charge is 0.326 e. The predicted octanol–water partition coefficient (Wildman–Crippen LogP) is -0.616. The lowest BCUT2D eigenvalue weighted by Crippen LogP contribution is -2.49. The topological polar surface area (TPSA) is 119 Å². The molecule has 7 heteroatoms. The highest BCUT2D eigenvalue weighted by molar-refractivity contribution is 5.92. The molecule has 0 aliphatic carbocycles. The van der Waals surface area contributed by atoms with Crippen LogP contribution in [0.25, 0.3) is 0 Å². The molecule has 3 atom stereocenters. The summed E-state index contributed by atoms with van der Waals surface area (Å²) in [6, 6.07) is 0.139. The molecule has 0 aromatic heterocycles. The molecule has 0 radical (unpaired) electrons. The third kappa shape index (κ3) is 3.73. The maximum Gasteiger partial charge on any atom is 0.326 e. The first-order valence-electron chi connectivity index (χ1n) is 5.66. The standard InChI is InChI=1S/C11H15N3O4/c1-6(5-12)4-8(11(17)18)14-10(16)7-2-3-9(15)13-7/h6-8H,2-4H2,1H3,(H,13,15)(H,14,16)(H,17,18)/t6-,7-,8+/m1/s1. The van der Waals surface area contributed by atoms with Crippen molar-refractivity contribution in [3.8, 4) is 6.07 Å². The molecule has 1 heterocycles. The average molecular weight is 253 g/mol. The van der Waals surface area contributed by atoms with Crippen molar-refractivity contribution in [3.05, 3.63) is 0 Å². The number of carboxylic acids is 1. The summed E-state index contributed by atoms with van der Waals surface area (Å²) < 4.78 is 0. The van der Waals surface area contributed by atoms with Crippen LogP contribution in [0.1, 0.15) is 26.2 Å². The van der Waals surface area contributed by atoms with Gasteiger partial charge in [0, 0.05) is 12.3 Å². The number of carbonyl (C=O) groups excluding carboxylic acids is 2. The van der Waals surface area contributed by atoms with Crippen LogP contribution in [0.15, 0.2) is 0 Å². The van der Waals surface area contributed by atoms with Crippen molar-refractivity contribution in [2.75, 3.05) is 0 Å². The number of carbonyl (C=O) groups is 3. The maximum atomic E-state index is 11.7. The van der Waals surface area contributed by atoms with Crippen molar-refractivity contribution in [1.29, 1.82) is 5.26 Å². The molecule has 2 amide bonds. The molecule has 1 rings (SSSR count). The minimum absolute atomic E-state index is 0.0399. The quantitative estimate of drug-likeness (QED) is 0.603. The predicted molar refractivity (Wildman–Crippen MR) is 60.1 cm³/mol.